The van der Waals surface area contributed by atoms with Crippen molar-refractivity contribution >= 4 is 0 Å². The molecular weight excluding hydrogens is 206 g/mol. The summed E-state index contributed by atoms with van der Waals surface area (Å²) in [7, 11) is 1.91. The minimum atomic E-state index is 0.749. The van der Waals surface area contributed by atoms with Crippen LogP contribution in [-0.2, 0) is 6.42 Å². The molecule has 1 nitrogen and oxygen atoms in total. The number of hydrogen-bond acceptors (Lipinski definition) is 1. The second kappa shape index (κ2) is 8.84. The van der Waals surface area contributed by atoms with Gasteiger partial charge >= 0.3 is 0 Å². The molecule has 17 heavy (non-hydrogen) atoms. The fourth-order valence-electron chi connectivity index (χ4n) is 1.75. The van der Waals surface area contributed by atoms with E-state index >= 15 is 0 Å². The van der Waals surface area contributed by atoms with Crippen molar-refractivity contribution in [1.82, 2.24) is 5.32 Å². The van der Waals surface area contributed by atoms with Gasteiger partial charge in [0.05, 0.1) is 6.54 Å². The summed E-state index contributed by atoms with van der Waals surface area (Å²) in [4.78, 5) is 0. The molecule has 0 spiro atoms. The molecule has 0 unspecified atom stereocenters. The normalized spacial score (nSPS) is 9.76. The molecule has 0 bridgehead atoms. The van der Waals surface area contributed by atoms with Gasteiger partial charge < -0.3 is 5.32 Å². The Kier molecular flexibility index (Phi) is 7.18. The highest BCUT2D eigenvalue weighted by Crippen LogP contribution is 2.09. The predicted octanol–water partition coefficient (Wildman–Crippen LogP) is 3.38. The van der Waals surface area contributed by atoms with Crippen LogP contribution in [0.25, 0.3) is 0 Å². The maximum absolute atomic E-state index is 3.14. The molecule has 1 aromatic carbocycles. The topological polar surface area (TPSA) is 12.0 Å². The number of unbranched alkanes of at least 4 members (excludes halogenated alkanes) is 3. The molecule has 0 fully saturated rings. The summed E-state index contributed by atoms with van der Waals surface area (Å²) in [6.07, 6.45) is 6.51. The van der Waals surface area contributed by atoms with Crippen molar-refractivity contribution < 1.29 is 0 Å². The molecule has 1 heteroatoms. The molecule has 0 aromatic heterocycles. The molecular formula is C16H23N. The molecule has 0 atom stereocenters. The number of nitrogens with one attached hydrogen (secondary N) is 1. The lowest BCUT2D eigenvalue weighted by Crippen LogP contribution is -2.04. The third-order valence-electron chi connectivity index (χ3n) is 2.77. The van der Waals surface area contributed by atoms with E-state index in [9.17, 15) is 0 Å². The Morgan fingerprint density at radius 2 is 1.82 bits per heavy atom. The highest BCUT2D eigenvalue weighted by Gasteiger charge is 1.93. The van der Waals surface area contributed by atoms with Gasteiger partial charge in [-0.1, -0.05) is 50.2 Å². The highest BCUT2D eigenvalue weighted by atomic mass is 14.8. The first-order valence-corrected chi connectivity index (χ1v) is 6.59. The number of benzene rings is 1. The van der Waals surface area contributed by atoms with Gasteiger partial charge in [-0.25, -0.2) is 0 Å². The zero-order valence-corrected chi connectivity index (χ0v) is 11.1. The van der Waals surface area contributed by atoms with Crippen molar-refractivity contribution in [3.8, 4) is 11.8 Å². The van der Waals surface area contributed by atoms with Gasteiger partial charge in [-0.05, 0) is 37.6 Å². The molecule has 1 N–H and O–H groups in total. The quantitative estimate of drug-likeness (QED) is 0.582. The standard InChI is InChI=1S/C16H23N/c1-3-4-5-6-8-15-10-12-16(13-11-15)9-7-14-17-2/h10-13,17H,3-6,8,14H2,1-2H3. The SMILES string of the molecule is CCCCCCc1ccc(C#CCNC)cc1. The third kappa shape index (κ3) is 6.14. The first-order valence-electron chi connectivity index (χ1n) is 6.59. The lowest BCUT2D eigenvalue weighted by Gasteiger charge is -2.01. The molecule has 0 saturated heterocycles. The molecule has 92 valence electrons. The molecule has 0 saturated carbocycles. The monoisotopic (exact) mass is 229 g/mol. The maximum atomic E-state index is 3.14. The lowest BCUT2D eigenvalue weighted by molar-refractivity contribution is 0.667. The zero-order chi connectivity index (χ0) is 12.3. The Hall–Kier alpha value is -1.26. The summed E-state index contributed by atoms with van der Waals surface area (Å²) >= 11 is 0. The Morgan fingerprint density at radius 3 is 2.47 bits per heavy atom. The molecule has 0 aliphatic carbocycles. The van der Waals surface area contributed by atoms with Crippen molar-refractivity contribution in [3.05, 3.63) is 35.4 Å². The van der Waals surface area contributed by atoms with E-state index in [0.29, 0.717) is 0 Å². The van der Waals surface area contributed by atoms with Crippen LogP contribution < -0.4 is 5.32 Å². The third-order valence-corrected chi connectivity index (χ3v) is 2.77. The van der Waals surface area contributed by atoms with Crippen LogP contribution in [0.15, 0.2) is 24.3 Å². The van der Waals surface area contributed by atoms with Crippen LogP contribution in [0.5, 0.6) is 0 Å². The van der Waals surface area contributed by atoms with E-state index in [0.717, 1.165) is 12.1 Å². The van der Waals surface area contributed by atoms with Crippen molar-refractivity contribution in [2.24, 2.45) is 0 Å². The van der Waals surface area contributed by atoms with Crippen LogP contribution in [0, 0.1) is 11.8 Å². The van der Waals surface area contributed by atoms with Gasteiger partial charge in [-0.15, -0.1) is 0 Å². The van der Waals surface area contributed by atoms with Crippen LogP contribution in [0.3, 0.4) is 0 Å². The molecule has 1 aromatic rings. The zero-order valence-electron chi connectivity index (χ0n) is 11.1. The Labute approximate surface area is 106 Å². The summed E-state index contributed by atoms with van der Waals surface area (Å²) in [5.41, 5.74) is 2.54. The Balaban J connectivity index is 2.37. The highest BCUT2D eigenvalue weighted by molar-refractivity contribution is 5.36. The van der Waals surface area contributed by atoms with Crippen LogP contribution in [0.2, 0.25) is 0 Å². The number of hydrogen-bond donors (Lipinski definition) is 1. The van der Waals surface area contributed by atoms with Gasteiger partial charge in [0.1, 0.15) is 0 Å². The first-order chi connectivity index (χ1) is 8.36. The molecule has 0 amide bonds. The minimum absolute atomic E-state index is 0.749. The summed E-state index contributed by atoms with van der Waals surface area (Å²) in [6, 6.07) is 8.65. The largest absolute Gasteiger partial charge is 0.309 e. The fraction of sp³-hybridized carbons (Fsp3) is 0.500. The van der Waals surface area contributed by atoms with Crippen molar-refractivity contribution in [2.75, 3.05) is 13.6 Å². The number of rotatable bonds is 6. The van der Waals surface area contributed by atoms with Crippen molar-refractivity contribution in [3.63, 3.8) is 0 Å². The smallest absolute Gasteiger partial charge is 0.0577 e. The van der Waals surface area contributed by atoms with Crippen molar-refractivity contribution in [1.29, 1.82) is 0 Å². The first kappa shape index (κ1) is 13.8. The second-order valence-corrected chi connectivity index (χ2v) is 4.34. The van der Waals surface area contributed by atoms with Crippen LogP contribution in [-0.4, -0.2) is 13.6 Å². The van der Waals surface area contributed by atoms with Crippen LogP contribution in [0.1, 0.15) is 43.7 Å². The van der Waals surface area contributed by atoms with Gasteiger partial charge in [-0.3, -0.25) is 0 Å². The van der Waals surface area contributed by atoms with Crippen LogP contribution in [0.4, 0.5) is 0 Å². The van der Waals surface area contributed by atoms with E-state index in [4.69, 9.17) is 0 Å². The summed E-state index contributed by atoms with van der Waals surface area (Å²) < 4.78 is 0. The van der Waals surface area contributed by atoms with Gasteiger partial charge in [0.25, 0.3) is 0 Å². The van der Waals surface area contributed by atoms with Crippen LogP contribution >= 0.6 is 0 Å². The van der Waals surface area contributed by atoms with Gasteiger partial charge in [-0.2, -0.15) is 0 Å². The van der Waals surface area contributed by atoms with Crippen molar-refractivity contribution in [2.45, 2.75) is 39.0 Å². The minimum Gasteiger partial charge on any atom is -0.309 e. The van der Waals surface area contributed by atoms with Gasteiger partial charge in [0.15, 0.2) is 0 Å². The van der Waals surface area contributed by atoms with Gasteiger partial charge in [0, 0.05) is 5.56 Å². The fourth-order valence-corrected chi connectivity index (χ4v) is 1.75. The van der Waals surface area contributed by atoms with E-state index in [1.54, 1.807) is 0 Å². The molecule has 0 heterocycles. The van der Waals surface area contributed by atoms with E-state index in [-0.39, 0.29) is 0 Å². The molecule has 0 radical (unpaired) electrons. The molecule has 1 rings (SSSR count). The molecule has 0 aliphatic heterocycles. The molecule has 0 aliphatic rings. The summed E-state index contributed by atoms with van der Waals surface area (Å²) in [5.74, 6) is 6.21. The average Bonchev–Trinajstić information content (AvgIpc) is 2.37. The Bertz CT molecular complexity index is 353. The Morgan fingerprint density at radius 1 is 1.06 bits per heavy atom. The maximum Gasteiger partial charge on any atom is 0.0577 e. The van der Waals surface area contributed by atoms with E-state index in [2.05, 4.69) is 48.3 Å². The number of aryl methyl sites for hydroxylation is 1. The average molecular weight is 229 g/mol. The van der Waals surface area contributed by atoms with E-state index in [1.165, 1.54) is 37.7 Å². The van der Waals surface area contributed by atoms with Gasteiger partial charge in [0.2, 0.25) is 0 Å². The second-order valence-electron chi connectivity index (χ2n) is 4.34. The van der Waals surface area contributed by atoms with E-state index in [1.807, 2.05) is 7.05 Å². The predicted molar refractivity (Wildman–Crippen MR) is 75.1 cm³/mol. The summed E-state index contributed by atoms with van der Waals surface area (Å²) in [5, 5.41) is 3.02. The summed E-state index contributed by atoms with van der Waals surface area (Å²) in [6.45, 7) is 3.00. The van der Waals surface area contributed by atoms with E-state index < -0.39 is 0 Å². The lowest BCUT2D eigenvalue weighted by atomic mass is 10.0.